The summed E-state index contributed by atoms with van der Waals surface area (Å²) in [6.45, 7) is 1.90. The molecule has 2 N–H and O–H groups in total. The second kappa shape index (κ2) is 3.67. The van der Waals surface area contributed by atoms with Crippen molar-refractivity contribution in [2.24, 2.45) is 5.92 Å². The van der Waals surface area contributed by atoms with Gasteiger partial charge in [-0.2, -0.15) is 0 Å². The van der Waals surface area contributed by atoms with E-state index in [4.69, 9.17) is 0 Å². The smallest absolute Gasteiger partial charge is 0.107 e. The number of rotatable bonds is 3. The summed E-state index contributed by atoms with van der Waals surface area (Å²) in [7, 11) is 0. The third kappa shape index (κ3) is 1.94. The number of hydrogen-bond donors (Lipinski definition) is 2. The second-order valence-electron chi connectivity index (χ2n) is 4.01. The molecule has 3 nitrogen and oxygen atoms in total. The Hall–Kier alpha value is -0.930. The molecular weight excluding hydrogens is 178 g/mol. The van der Waals surface area contributed by atoms with E-state index in [2.05, 4.69) is 4.98 Å². The first kappa shape index (κ1) is 9.62. The Morgan fingerprint density at radius 2 is 2.07 bits per heavy atom. The van der Waals surface area contributed by atoms with E-state index in [1.807, 2.05) is 19.1 Å². The van der Waals surface area contributed by atoms with Crippen molar-refractivity contribution < 1.29 is 10.2 Å². The van der Waals surface area contributed by atoms with E-state index in [0.29, 0.717) is 5.56 Å². The third-order valence-electron chi connectivity index (χ3n) is 2.70. The van der Waals surface area contributed by atoms with Gasteiger partial charge in [0.15, 0.2) is 0 Å². The van der Waals surface area contributed by atoms with Crippen molar-refractivity contribution in [2.45, 2.75) is 32.0 Å². The Kier molecular flexibility index (Phi) is 2.52. The maximum atomic E-state index is 9.80. The topological polar surface area (TPSA) is 53.4 Å². The van der Waals surface area contributed by atoms with Gasteiger partial charge in [-0.25, -0.2) is 0 Å². The van der Waals surface area contributed by atoms with Gasteiger partial charge in [0.25, 0.3) is 0 Å². The first-order chi connectivity index (χ1) is 6.68. The SMILES string of the molecule is Cc1ccc(C(O)C(O)C2CC2)cn1. The van der Waals surface area contributed by atoms with E-state index < -0.39 is 12.2 Å². The van der Waals surface area contributed by atoms with E-state index in [1.165, 1.54) is 0 Å². The number of pyridine rings is 1. The number of aliphatic hydroxyl groups is 2. The molecule has 0 spiro atoms. The molecule has 1 aliphatic rings. The molecule has 1 saturated carbocycles. The Morgan fingerprint density at radius 1 is 1.36 bits per heavy atom. The van der Waals surface area contributed by atoms with Crippen LogP contribution in [0.1, 0.15) is 30.2 Å². The summed E-state index contributed by atoms with van der Waals surface area (Å²) in [5.74, 6) is 0.284. The fraction of sp³-hybridized carbons (Fsp3) is 0.545. The van der Waals surface area contributed by atoms with Gasteiger partial charge in [0.1, 0.15) is 6.10 Å². The zero-order valence-electron chi connectivity index (χ0n) is 8.22. The lowest BCUT2D eigenvalue weighted by Gasteiger charge is -2.17. The van der Waals surface area contributed by atoms with E-state index in [0.717, 1.165) is 18.5 Å². The van der Waals surface area contributed by atoms with Gasteiger partial charge in [0.2, 0.25) is 0 Å². The van der Waals surface area contributed by atoms with Gasteiger partial charge in [-0.1, -0.05) is 6.07 Å². The summed E-state index contributed by atoms with van der Waals surface area (Å²) < 4.78 is 0. The molecule has 1 aromatic heterocycles. The average molecular weight is 193 g/mol. The van der Waals surface area contributed by atoms with Crippen LogP contribution in [0.2, 0.25) is 0 Å². The van der Waals surface area contributed by atoms with Crippen LogP contribution in [0.4, 0.5) is 0 Å². The summed E-state index contributed by atoms with van der Waals surface area (Å²) in [6, 6.07) is 3.66. The number of aromatic nitrogens is 1. The normalized spacial score (nSPS) is 20.5. The second-order valence-corrected chi connectivity index (χ2v) is 4.01. The summed E-state index contributed by atoms with van der Waals surface area (Å²) in [5, 5.41) is 19.5. The van der Waals surface area contributed by atoms with Crippen LogP contribution in [0.3, 0.4) is 0 Å². The number of aryl methyl sites for hydroxylation is 1. The molecule has 0 aliphatic heterocycles. The molecule has 76 valence electrons. The fourth-order valence-electron chi connectivity index (χ4n) is 1.55. The molecule has 1 aliphatic carbocycles. The molecule has 1 fully saturated rings. The van der Waals surface area contributed by atoms with E-state index in [1.54, 1.807) is 6.20 Å². The van der Waals surface area contributed by atoms with Gasteiger partial charge < -0.3 is 10.2 Å². The van der Waals surface area contributed by atoms with Crippen molar-refractivity contribution in [1.29, 1.82) is 0 Å². The zero-order valence-corrected chi connectivity index (χ0v) is 8.22. The maximum absolute atomic E-state index is 9.80. The Labute approximate surface area is 83.4 Å². The predicted octanol–water partition coefficient (Wildman–Crippen LogP) is 1.19. The van der Waals surface area contributed by atoms with Crippen LogP contribution >= 0.6 is 0 Å². The Bertz CT molecular complexity index is 306. The van der Waals surface area contributed by atoms with Gasteiger partial charge >= 0.3 is 0 Å². The lowest BCUT2D eigenvalue weighted by molar-refractivity contribution is 0.00465. The van der Waals surface area contributed by atoms with Gasteiger partial charge in [-0.3, -0.25) is 4.98 Å². The van der Waals surface area contributed by atoms with Crippen LogP contribution in [-0.4, -0.2) is 21.3 Å². The minimum Gasteiger partial charge on any atom is -0.390 e. The Balaban J connectivity index is 2.09. The average Bonchev–Trinajstić information content (AvgIpc) is 3.00. The van der Waals surface area contributed by atoms with Gasteiger partial charge in [0.05, 0.1) is 6.10 Å². The molecule has 1 aromatic rings. The fourth-order valence-corrected chi connectivity index (χ4v) is 1.55. The highest BCUT2D eigenvalue weighted by molar-refractivity contribution is 5.17. The molecule has 2 unspecified atom stereocenters. The van der Waals surface area contributed by atoms with Gasteiger partial charge in [-0.05, 0) is 31.7 Å². The molecule has 3 heteroatoms. The molecule has 0 saturated heterocycles. The van der Waals surface area contributed by atoms with Gasteiger partial charge in [0, 0.05) is 17.5 Å². The molecule has 0 aromatic carbocycles. The minimum atomic E-state index is -0.782. The van der Waals surface area contributed by atoms with Crippen LogP contribution in [-0.2, 0) is 0 Å². The number of aliphatic hydroxyl groups excluding tert-OH is 2. The van der Waals surface area contributed by atoms with E-state index in [9.17, 15) is 10.2 Å². The third-order valence-corrected chi connectivity index (χ3v) is 2.70. The predicted molar refractivity (Wildman–Crippen MR) is 52.7 cm³/mol. The summed E-state index contributed by atoms with van der Waals surface area (Å²) in [4.78, 5) is 4.09. The van der Waals surface area contributed by atoms with Crippen LogP contribution in [0.15, 0.2) is 18.3 Å². The van der Waals surface area contributed by atoms with Crippen LogP contribution in [0.5, 0.6) is 0 Å². The Morgan fingerprint density at radius 3 is 2.57 bits per heavy atom. The van der Waals surface area contributed by atoms with Crippen molar-refractivity contribution in [3.05, 3.63) is 29.6 Å². The molecular formula is C11H15NO2. The van der Waals surface area contributed by atoms with E-state index >= 15 is 0 Å². The van der Waals surface area contributed by atoms with Crippen molar-refractivity contribution in [1.82, 2.24) is 4.98 Å². The molecule has 0 amide bonds. The molecule has 0 bridgehead atoms. The molecule has 2 atom stereocenters. The quantitative estimate of drug-likeness (QED) is 0.758. The van der Waals surface area contributed by atoms with Crippen LogP contribution in [0.25, 0.3) is 0 Å². The minimum absolute atomic E-state index is 0.284. The molecule has 14 heavy (non-hydrogen) atoms. The number of nitrogens with zero attached hydrogens (tertiary/aromatic N) is 1. The van der Waals surface area contributed by atoms with Crippen molar-refractivity contribution in [3.8, 4) is 0 Å². The first-order valence-corrected chi connectivity index (χ1v) is 4.97. The lowest BCUT2D eigenvalue weighted by atomic mass is 10.0. The number of hydrogen-bond acceptors (Lipinski definition) is 3. The standard InChI is InChI=1S/C11H15NO2/c1-7-2-3-9(6-12-7)11(14)10(13)8-4-5-8/h2-3,6,8,10-11,13-14H,4-5H2,1H3. The summed E-state index contributed by atoms with van der Waals surface area (Å²) >= 11 is 0. The van der Waals surface area contributed by atoms with Crippen LogP contribution < -0.4 is 0 Å². The summed E-state index contributed by atoms with van der Waals surface area (Å²) in [6.07, 6.45) is 2.27. The van der Waals surface area contributed by atoms with Crippen molar-refractivity contribution >= 4 is 0 Å². The van der Waals surface area contributed by atoms with Crippen LogP contribution in [0, 0.1) is 12.8 Å². The van der Waals surface area contributed by atoms with Gasteiger partial charge in [-0.15, -0.1) is 0 Å². The summed E-state index contributed by atoms with van der Waals surface area (Å²) in [5.41, 5.74) is 1.62. The van der Waals surface area contributed by atoms with E-state index in [-0.39, 0.29) is 5.92 Å². The van der Waals surface area contributed by atoms with Crippen molar-refractivity contribution in [3.63, 3.8) is 0 Å². The highest BCUT2D eigenvalue weighted by Crippen LogP contribution is 2.37. The van der Waals surface area contributed by atoms with Crippen molar-refractivity contribution in [2.75, 3.05) is 0 Å². The highest BCUT2D eigenvalue weighted by atomic mass is 16.3. The highest BCUT2D eigenvalue weighted by Gasteiger charge is 2.35. The monoisotopic (exact) mass is 193 g/mol. The molecule has 1 heterocycles. The maximum Gasteiger partial charge on any atom is 0.107 e. The molecule has 0 radical (unpaired) electrons. The zero-order chi connectivity index (χ0) is 10.1. The lowest BCUT2D eigenvalue weighted by Crippen LogP contribution is -2.20. The largest absolute Gasteiger partial charge is 0.390 e. The molecule has 2 rings (SSSR count). The first-order valence-electron chi connectivity index (χ1n) is 4.97.